The summed E-state index contributed by atoms with van der Waals surface area (Å²) in [5, 5.41) is 11.3. The standard InChI is InChI=1S/C31H37F2N3O4/c1-30(2,3)23-10-14-31(15-11-23)35-27(22-8-9-24(32)19-25(33)18-22)29(40)36(31)17-13-20-4-6-21(7-5-20)28(39)34-16-12-26(37)38/h4-9,18-19,23-24H,10-17H2,1-3H3,(H,34,39)(H,37,38). The van der Waals surface area contributed by atoms with Crippen molar-refractivity contribution in [3.05, 3.63) is 71.1 Å². The fourth-order valence-corrected chi connectivity index (χ4v) is 5.70. The summed E-state index contributed by atoms with van der Waals surface area (Å²) in [5.74, 6) is -1.86. The van der Waals surface area contributed by atoms with Gasteiger partial charge in [-0.1, -0.05) is 39.0 Å². The molecule has 2 N–H and O–H groups in total. The number of alkyl halides is 1. The average molecular weight is 554 g/mol. The molecule has 7 nitrogen and oxygen atoms in total. The number of halogens is 2. The van der Waals surface area contributed by atoms with Gasteiger partial charge < -0.3 is 15.3 Å². The van der Waals surface area contributed by atoms with Crippen LogP contribution in [0.2, 0.25) is 0 Å². The minimum atomic E-state index is -1.57. The van der Waals surface area contributed by atoms with Crippen molar-refractivity contribution in [2.45, 2.75) is 71.1 Å². The van der Waals surface area contributed by atoms with Crippen molar-refractivity contribution in [3.8, 4) is 0 Å². The van der Waals surface area contributed by atoms with Crippen molar-refractivity contribution in [1.29, 1.82) is 0 Å². The molecular formula is C31H37F2N3O4. The third-order valence-electron chi connectivity index (χ3n) is 8.09. The second-order valence-corrected chi connectivity index (χ2v) is 11.8. The number of aliphatic carboxylic acids is 1. The molecule has 9 heteroatoms. The molecule has 0 bridgehead atoms. The van der Waals surface area contributed by atoms with Crippen LogP contribution in [0.4, 0.5) is 8.78 Å². The molecule has 1 heterocycles. The maximum absolute atomic E-state index is 14.3. The van der Waals surface area contributed by atoms with E-state index in [0.717, 1.165) is 24.5 Å². The fraction of sp³-hybridized carbons (Fsp3) is 0.484. The van der Waals surface area contributed by atoms with Crippen molar-refractivity contribution in [2.75, 3.05) is 13.1 Å². The highest BCUT2D eigenvalue weighted by atomic mass is 19.1. The van der Waals surface area contributed by atoms with Crippen LogP contribution in [0.15, 0.2) is 65.0 Å². The molecule has 4 rings (SSSR count). The summed E-state index contributed by atoms with van der Waals surface area (Å²) in [4.78, 5) is 43.4. The Kier molecular flexibility index (Phi) is 8.71. The van der Waals surface area contributed by atoms with E-state index in [0.29, 0.717) is 37.3 Å². The first-order valence-electron chi connectivity index (χ1n) is 13.8. The minimum Gasteiger partial charge on any atom is -0.481 e. The molecule has 40 heavy (non-hydrogen) atoms. The van der Waals surface area contributed by atoms with Crippen molar-refractivity contribution >= 4 is 23.5 Å². The Labute approximate surface area is 233 Å². The highest BCUT2D eigenvalue weighted by molar-refractivity contribution is 6.47. The minimum absolute atomic E-state index is 0.0464. The van der Waals surface area contributed by atoms with Crippen molar-refractivity contribution < 1.29 is 28.3 Å². The van der Waals surface area contributed by atoms with Crippen LogP contribution in [0.5, 0.6) is 0 Å². The number of amides is 2. The summed E-state index contributed by atoms with van der Waals surface area (Å²) in [6, 6.07) is 6.98. The van der Waals surface area contributed by atoms with Gasteiger partial charge in [-0.25, -0.2) is 8.78 Å². The van der Waals surface area contributed by atoms with E-state index in [1.54, 1.807) is 17.0 Å². The first-order valence-corrected chi connectivity index (χ1v) is 13.8. The van der Waals surface area contributed by atoms with Gasteiger partial charge >= 0.3 is 5.97 Å². The molecule has 1 saturated carbocycles. The molecule has 1 spiro atoms. The van der Waals surface area contributed by atoms with Gasteiger partial charge in [-0.05, 0) is 79.4 Å². The summed E-state index contributed by atoms with van der Waals surface area (Å²) in [6.07, 6.45) is 6.70. The number of aliphatic imine (C=N–C) groups is 1. The van der Waals surface area contributed by atoms with Crippen LogP contribution in [0.1, 0.15) is 68.8 Å². The normalized spacial score (nSPS) is 24.9. The number of rotatable bonds is 8. The number of hydrogen-bond donors (Lipinski definition) is 2. The zero-order chi connectivity index (χ0) is 29.1. The van der Waals surface area contributed by atoms with Gasteiger partial charge in [0.2, 0.25) is 0 Å². The zero-order valence-electron chi connectivity index (χ0n) is 23.3. The SMILES string of the molecule is CC(C)(C)C1CCC2(CC1)N=C(C1=CC(F)=CC(F)C=C1)C(=O)N2CCc1ccc(C(=O)NCCC(=O)O)cc1. The van der Waals surface area contributed by atoms with Gasteiger partial charge in [0.25, 0.3) is 11.8 Å². The summed E-state index contributed by atoms with van der Waals surface area (Å²) < 4.78 is 28.2. The molecule has 1 aromatic carbocycles. The molecule has 2 aliphatic carbocycles. The zero-order valence-corrected chi connectivity index (χ0v) is 23.3. The van der Waals surface area contributed by atoms with E-state index < -0.39 is 23.6 Å². The number of hydrogen-bond acceptors (Lipinski definition) is 4. The number of carboxylic acids is 1. The van der Waals surface area contributed by atoms with Crippen LogP contribution in [-0.2, 0) is 16.0 Å². The maximum Gasteiger partial charge on any atom is 0.305 e. The van der Waals surface area contributed by atoms with E-state index in [2.05, 4.69) is 26.1 Å². The molecular weight excluding hydrogens is 516 g/mol. The highest BCUT2D eigenvalue weighted by Gasteiger charge is 2.50. The number of nitrogens with one attached hydrogen (secondary N) is 1. The molecule has 2 amide bonds. The van der Waals surface area contributed by atoms with E-state index in [1.165, 1.54) is 18.2 Å². The molecule has 214 valence electrons. The predicted octanol–water partition coefficient (Wildman–Crippen LogP) is 5.34. The number of carbonyl (C=O) groups excluding carboxylic acids is 2. The van der Waals surface area contributed by atoms with Crippen molar-refractivity contribution in [3.63, 3.8) is 0 Å². The summed E-state index contributed by atoms with van der Waals surface area (Å²) in [6.45, 7) is 7.10. The number of carbonyl (C=O) groups is 3. The average Bonchev–Trinajstić information content (AvgIpc) is 3.02. The lowest BCUT2D eigenvalue weighted by molar-refractivity contribution is -0.136. The van der Waals surface area contributed by atoms with Crippen molar-refractivity contribution in [2.24, 2.45) is 16.3 Å². The van der Waals surface area contributed by atoms with Crippen LogP contribution < -0.4 is 5.32 Å². The maximum atomic E-state index is 14.3. The van der Waals surface area contributed by atoms with Crippen molar-refractivity contribution in [1.82, 2.24) is 10.2 Å². The van der Waals surface area contributed by atoms with E-state index in [1.807, 2.05) is 12.1 Å². The van der Waals surface area contributed by atoms with Crippen LogP contribution in [0.25, 0.3) is 0 Å². The number of nitrogens with zero attached hydrogens (tertiary/aromatic N) is 2. The Morgan fingerprint density at radius 2 is 1.85 bits per heavy atom. The Hall–Kier alpha value is -3.62. The quantitative estimate of drug-likeness (QED) is 0.454. The Balaban J connectivity index is 1.51. The second kappa shape index (κ2) is 11.9. The van der Waals surface area contributed by atoms with E-state index >= 15 is 0 Å². The molecule has 1 aliphatic heterocycles. The highest BCUT2D eigenvalue weighted by Crippen LogP contribution is 2.46. The third kappa shape index (κ3) is 6.74. The monoisotopic (exact) mass is 553 g/mol. The van der Waals surface area contributed by atoms with E-state index in [4.69, 9.17) is 10.1 Å². The Bertz CT molecular complexity index is 1270. The van der Waals surface area contributed by atoms with Crippen LogP contribution in [0.3, 0.4) is 0 Å². The van der Waals surface area contributed by atoms with Gasteiger partial charge in [-0.15, -0.1) is 0 Å². The lowest BCUT2D eigenvalue weighted by Crippen LogP contribution is -2.50. The van der Waals surface area contributed by atoms with Crippen LogP contribution in [-0.4, -0.2) is 58.4 Å². The molecule has 1 aromatic rings. The van der Waals surface area contributed by atoms with Gasteiger partial charge in [-0.2, -0.15) is 0 Å². The van der Waals surface area contributed by atoms with Crippen LogP contribution >= 0.6 is 0 Å². The Morgan fingerprint density at radius 1 is 1.18 bits per heavy atom. The van der Waals surface area contributed by atoms with Crippen LogP contribution in [0, 0.1) is 11.3 Å². The summed E-state index contributed by atoms with van der Waals surface area (Å²) in [5.41, 5.74) is 1.19. The van der Waals surface area contributed by atoms with Gasteiger partial charge in [0.05, 0.1) is 6.42 Å². The molecule has 1 unspecified atom stereocenters. The number of benzene rings is 1. The molecule has 0 aromatic heterocycles. The second-order valence-electron chi connectivity index (χ2n) is 11.8. The molecule has 1 atom stereocenters. The first kappa shape index (κ1) is 29.4. The van der Waals surface area contributed by atoms with Gasteiger partial charge in [0, 0.05) is 24.2 Å². The van der Waals surface area contributed by atoms with E-state index in [-0.39, 0.29) is 41.5 Å². The molecule has 0 saturated heterocycles. The smallest absolute Gasteiger partial charge is 0.305 e. The lowest BCUT2D eigenvalue weighted by Gasteiger charge is -2.45. The molecule has 1 fully saturated rings. The van der Waals surface area contributed by atoms with Gasteiger partial charge in [0.1, 0.15) is 23.4 Å². The summed E-state index contributed by atoms with van der Waals surface area (Å²) >= 11 is 0. The predicted molar refractivity (Wildman–Crippen MR) is 149 cm³/mol. The van der Waals surface area contributed by atoms with Gasteiger partial charge in [0.15, 0.2) is 0 Å². The third-order valence-corrected chi connectivity index (χ3v) is 8.09. The molecule has 0 radical (unpaired) electrons. The first-order chi connectivity index (χ1) is 18.9. The summed E-state index contributed by atoms with van der Waals surface area (Å²) in [7, 11) is 0. The largest absolute Gasteiger partial charge is 0.481 e. The fourth-order valence-electron chi connectivity index (χ4n) is 5.70. The van der Waals surface area contributed by atoms with E-state index in [9.17, 15) is 23.2 Å². The lowest BCUT2D eigenvalue weighted by atomic mass is 9.69. The topological polar surface area (TPSA) is 99.1 Å². The molecule has 3 aliphatic rings. The number of carboxylic acid groups (broad SMARTS) is 1. The Morgan fingerprint density at radius 3 is 2.48 bits per heavy atom. The number of allylic oxidation sites excluding steroid dienone is 5. The van der Waals surface area contributed by atoms with Gasteiger partial charge in [-0.3, -0.25) is 19.4 Å².